The Kier molecular flexibility index (Phi) is 9.32. The van der Waals surface area contributed by atoms with Crippen molar-refractivity contribution in [3.05, 3.63) is 48.0 Å². The van der Waals surface area contributed by atoms with Crippen LogP contribution in [0.3, 0.4) is 0 Å². The highest BCUT2D eigenvalue weighted by molar-refractivity contribution is 5.92. The molecule has 49 heavy (non-hydrogen) atoms. The lowest BCUT2D eigenvalue weighted by Crippen LogP contribution is -2.82. The van der Waals surface area contributed by atoms with Gasteiger partial charge >= 0.3 is 29.8 Å². The Morgan fingerprint density at radius 3 is 2.06 bits per heavy atom. The van der Waals surface area contributed by atoms with Crippen LogP contribution in [0.1, 0.15) is 64.7 Å². The summed E-state index contributed by atoms with van der Waals surface area (Å²) in [4.78, 5) is 80.5. The molecule has 3 aliphatic carbocycles. The Bertz CT molecular complexity index is 1570. The van der Waals surface area contributed by atoms with E-state index >= 15 is 0 Å². The van der Waals surface area contributed by atoms with E-state index in [1.807, 2.05) is 0 Å². The normalized spacial score (nSPS) is 39.4. The van der Waals surface area contributed by atoms with Crippen LogP contribution in [-0.2, 0) is 52.4 Å². The number of carbonyl (C=O) groups excluding carboxylic acids is 6. The number of benzene rings is 1. The molecule has 4 bridgehead atoms. The van der Waals surface area contributed by atoms with E-state index in [1.165, 1.54) is 19.1 Å². The van der Waals surface area contributed by atoms with Gasteiger partial charge < -0.3 is 38.6 Å². The fourth-order valence-corrected chi connectivity index (χ4v) is 9.09. The van der Waals surface area contributed by atoms with E-state index in [4.69, 9.17) is 28.4 Å². The molecule has 3 saturated carbocycles. The van der Waals surface area contributed by atoms with Crippen LogP contribution in [0.15, 0.2) is 42.5 Å². The summed E-state index contributed by atoms with van der Waals surface area (Å²) in [5.41, 5.74) is -7.92. The van der Waals surface area contributed by atoms with E-state index in [9.17, 15) is 39.0 Å². The molecule has 266 valence electrons. The summed E-state index contributed by atoms with van der Waals surface area (Å²) in [5, 5.41) is 23.1. The molecule has 0 radical (unpaired) electrons. The molecule has 0 unspecified atom stereocenters. The molecule has 0 spiro atoms. The van der Waals surface area contributed by atoms with Crippen LogP contribution in [0, 0.1) is 22.7 Å². The Morgan fingerprint density at radius 2 is 1.51 bits per heavy atom. The van der Waals surface area contributed by atoms with Gasteiger partial charge in [-0.15, -0.1) is 0 Å². The zero-order valence-corrected chi connectivity index (χ0v) is 28.3. The van der Waals surface area contributed by atoms with Crippen molar-refractivity contribution in [1.29, 1.82) is 0 Å². The molecule has 1 heterocycles. The molecule has 1 aliphatic heterocycles. The highest BCUT2D eigenvalue weighted by Gasteiger charge is 2.85. The van der Waals surface area contributed by atoms with Gasteiger partial charge in [0.1, 0.15) is 12.2 Å². The van der Waals surface area contributed by atoms with Crippen LogP contribution in [0.2, 0.25) is 0 Å². The summed E-state index contributed by atoms with van der Waals surface area (Å²) in [6.07, 6.45) is -8.89. The predicted molar refractivity (Wildman–Crippen MR) is 165 cm³/mol. The summed E-state index contributed by atoms with van der Waals surface area (Å²) >= 11 is 0. The Morgan fingerprint density at radius 1 is 0.898 bits per heavy atom. The minimum atomic E-state index is -2.29. The fraction of sp³-hybridized carbons (Fsp3) is 0.600. The molecule has 1 saturated heterocycles. The molecule has 4 aliphatic rings. The third kappa shape index (κ3) is 5.26. The average Bonchev–Trinajstić information content (AvgIpc) is 3.18. The fourth-order valence-electron chi connectivity index (χ4n) is 9.09. The molecule has 14 heteroatoms. The molecule has 0 aromatic heterocycles. The summed E-state index contributed by atoms with van der Waals surface area (Å²) in [6.45, 7) is 10.2. The largest absolute Gasteiger partial charge is 0.462 e. The van der Waals surface area contributed by atoms with Crippen LogP contribution in [0.25, 0.3) is 0 Å². The standard InChI is InChI=1S/C35H42O14/c1-17-24(41)14-26(45-18(2)37)34(15-36)27(17)28(46-19(3)38)23-13-25(42)33(7)35(49-21(5)40,32(23,6)16-44-33)30(47-20(4)39)29(34)48-31(43)22-11-9-8-10-12-22/h8-12,23-24,26-30,36,41H,1,13-16H2,2-7H3/t23-,24-,26-,27+,28+,29-,30-,32-,33+,34+,35-/m0/s1. The van der Waals surface area contributed by atoms with E-state index < -0.39 is 107 Å². The number of hydrogen-bond donors (Lipinski definition) is 2. The Labute approximate surface area is 283 Å². The second kappa shape index (κ2) is 12.6. The van der Waals surface area contributed by atoms with E-state index in [0.717, 1.165) is 27.7 Å². The van der Waals surface area contributed by atoms with E-state index in [2.05, 4.69) is 6.58 Å². The number of aliphatic hydroxyl groups excluding tert-OH is 2. The van der Waals surface area contributed by atoms with Crippen LogP contribution >= 0.6 is 0 Å². The number of rotatable bonds is 7. The molecule has 4 fully saturated rings. The Hall–Kier alpha value is -4.14. The van der Waals surface area contributed by atoms with Gasteiger partial charge in [-0.3, -0.25) is 24.0 Å². The topological polar surface area (TPSA) is 198 Å². The third-order valence-corrected chi connectivity index (χ3v) is 11.1. The van der Waals surface area contributed by atoms with Crippen molar-refractivity contribution < 1.29 is 67.4 Å². The first-order chi connectivity index (χ1) is 22.9. The molecule has 1 aromatic carbocycles. The highest BCUT2D eigenvalue weighted by Crippen LogP contribution is 2.68. The van der Waals surface area contributed by atoms with Gasteiger partial charge in [-0.1, -0.05) is 31.7 Å². The quantitative estimate of drug-likeness (QED) is 0.238. The molecule has 14 nitrogen and oxygen atoms in total. The Balaban J connectivity index is 1.97. The summed E-state index contributed by atoms with van der Waals surface area (Å²) in [7, 11) is 0. The number of ketones is 1. The van der Waals surface area contributed by atoms with Gasteiger partial charge in [0.05, 0.1) is 30.3 Å². The second-order valence-electron chi connectivity index (χ2n) is 13.8. The molecule has 11 atom stereocenters. The first kappa shape index (κ1) is 36.1. The van der Waals surface area contributed by atoms with Crippen molar-refractivity contribution in [2.45, 2.75) is 96.1 Å². The minimum Gasteiger partial charge on any atom is -0.462 e. The lowest BCUT2D eigenvalue weighted by atomic mass is 9.43. The minimum absolute atomic E-state index is 0.00863. The van der Waals surface area contributed by atoms with Gasteiger partial charge in [-0.2, -0.15) is 0 Å². The smallest absolute Gasteiger partial charge is 0.338 e. The molecule has 5 rings (SSSR count). The van der Waals surface area contributed by atoms with Crippen LogP contribution in [-0.4, -0.2) is 101 Å². The maximum Gasteiger partial charge on any atom is 0.338 e. The number of carbonyl (C=O) groups is 6. The maximum atomic E-state index is 14.4. The van der Waals surface area contributed by atoms with Crippen molar-refractivity contribution in [2.75, 3.05) is 13.2 Å². The zero-order chi connectivity index (χ0) is 36.3. The SMILES string of the molecule is C=C1[C@@H]2[C@H](OC(C)=O)[C@@H]3CC(=O)[C@@]4(C)OC[C@]3(C)[C@@]4(OC(C)=O)[C@@H](OC(C)=O)[C@H](OC(=O)c3ccccc3)[C@]2(CO)[C@@H](OC(C)=O)C[C@@H]1O. The number of Topliss-reactive ketones (excluding diaryl/α,β-unsaturated/α-hetero) is 1. The van der Waals surface area contributed by atoms with Crippen molar-refractivity contribution in [3.8, 4) is 0 Å². The van der Waals surface area contributed by atoms with Crippen LogP contribution < -0.4 is 0 Å². The molecule has 1 aromatic rings. The van der Waals surface area contributed by atoms with Crippen molar-refractivity contribution in [3.63, 3.8) is 0 Å². The molecule has 2 N–H and O–H groups in total. The highest BCUT2D eigenvalue weighted by atomic mass is 16.6. The van der Waals surface area contributed by atoms with Crippen molar-refractivity contribution in [1.82, 2.24) is 0 Å². The number of ether oxygens (including phenoxy) is 6. The van der Waals surface area contributed by atoms with Crippen molar-refractivity contribution in [2.24, 2.45) is 22.7 Å². The van der Waals surface area contributed by atoms with Gasteiger partial charge in [0.15, 0.2) is 29.2 Å². The van der Waals surface area contributed by atoms with Crippen molar-refractivity contribution >= 4 is 35.6 Å². The number of esters is 5. The lowest BCUT2D eigenvalue weighted by molar-refractivity contribution is -0.303. The van der Waals surface area contributed by atoms with Gasteiger partial charge in [0, 0.05) is 57.8 Å². The van der Waals surface area contributed by atoms with E-state index in [-0.39, 0.29) is 30.6 Å². The third-order valence-electron chi connectivity index (χ3n) is 11.1. The summed E-state index contributed by atoms with van der Waals surface area (Å²) in [5.74, 6) is -7.62. The summed E-state index contributed by atoms with van der Waals surface area (Å²) in [6, 6.07) is 7.69. The van der Waals surface area contributed by atoms with Crippen LogP contribution in [0.4, 0.5) is 0 Å². The monoisotopic (exact) mass is 686 g/mol. The van der Waals surface area contributed by atoms with Crippen LogP contribution in [0.5, 0.6) is 0 Å². The van der Waals surface area contributed by atoms with Gasteiger partial charge in [0.2, 0.25) is 0 Å². The van der Waals surface area contributed by atoms with Gasteiger partial charge in [-0.25, -0.2) is 4.79 Å². The molecular formula is C35H42O14. The lowest BCUT2D eigenvalue weighted by Gasteiger charge is -2.65. The zero-order valence-electron chi connectivity index (χ0n) is 28.3. The summed E-state index contributed by atoms with van der Waals surface area (Å²) < 4.78 is 36.6. The predicted octanol–water partition coefficient (Wildman–Crippen LogP) is 1.62. The second-order valence-corrected chi connectivity index (χ2v) is 13.8. The van der Waals surface area contributed by atoms with E-state index in [1.54, 1.807) is 25.1 Å². The maximum absolute atomic E-state index is 14.4. The number of hydrogen-bond acceptors (Lipinski definition) is 14. The molecule has 0 amide bonds. The van der Waals surface area contributed by atoms with Gasteiger partial charge in [-0.05, 0) is 24.6 Å². The number of fused-ring (bicyclic) bond motifs is 1. The number of aliphatic hydroxyl groups is 2. The first-order valence-corrected chi connectivity index (χ1v) is 16.0. The average molecular weight is 687 g/mol. The molecular weight excluding hydrogens is 644 g/mol. The first-order valence-electron chi connectivity index (χ1n) is 16.0. The van der Waals surface area contributed by atoms with Gasteiger partial charge in [0.25, 0.3) is 0 Å². The van der Waals surface area contributed by atoms with E-state index in [0.29, 0.717) is 0 Å².